The maximum atomic E-state index is 12.2. The number of nitrogens with one attached hydrogen (secondary N) is 2. The lowest BCUT2D eigenvalue weighted by Crippen LogP contribution is -2.45. The largest absolute Gasteiger partial charge is 0.391 e. The fraction of sp³-hybridized carbons (Fsp3) is 0.565. The summed E-state index contributed by atoms with van der Waals surface area (Å²) in [5.41, 5.74) is 3.17. The highest BCUT2D eigenvalue weighted by Gasteiger charge is 2.30. The van der Waals surface area contributed by atoms with Gasteiger partial charge in [0.1, 0.15) is 6.04 Å². The zero-order chi connectivity index (χ0) is 20.6. The molecule has 3 N–H and O–H groups in total. The van der Waals surface area contributed by atoms with Crippen LogP contribution in [0.4, 0.5) is 0 Å². The molecular formula is C23H33N3O2S. The van der Waals surface area contributed by atoms with E-state index in [2.05, 4.69) is 42.0 Å². The first-order chi connectivity index (χ1) is 14.1. The van der Waals surface area contributed by atoms with E-state index in [1.807, 2.05) is 12.1 Å². The highest BCUT2D eigenvalue weighted by molar-refractivity contribution is 7.10. The Kier molecular flexibility index (Phi) is 8.21. The highest BCUT2D eigenvalue weighted by Crippen LogP contribution is 2.29. The van der Waals surface area contributed by atoms with Crippen molar-refractivity contribution >= 4 is 17.2 Å². The van der Waals surface area contributed by atoms with Crippen LogP contribution < -0.4 is 10.6 Å². The second-order valence-corrected chi connectivity index (χ2v) is 8.91. The number of benzene rings is 1. The molecule has 29 heavy (non-hydrogen) atoms. The van der Waals surface area contributed by atoms with Gasteiger partial charge in [-0.05, 0) is 24.9 Å². The number of carbonyl (C=O) groups excluding carboxylic acids is 1. The van der Waals surface area contributed by atoms with Gasteiger partial charge < -0.3 is 15.7 Å². The van der Waals surface area contributed by atoms with Crippen molar-refractivity contribution in [2.24, 2.45) is 0 Å². The summed E-state index contributed by atoms with van der Waals surface area (Å²) in [4.78, 5) is 17.0. The first-order valence-corrected chi connectivity index (χ1v) is 11.7. The predicted molar refractivity (Wildman–Crippen MR) is 119 cm³/mol. The molecule has 0 aliphatic carbocycles. The molecule has 1 aromatic heterocycles. The van der Waals surface area contributed by atoms with E-state index in [1.54, 1.807) is 11.3 Å². The summed E-state index contributed by atoms with van der Waals surface area (Å²) in [5, 5.41) is 19.1. The monoisotopic (exact) mass is 415 g/mol. The fourth-order valence-corrected chi connectivity index (χ4v) is 4.62. The second-order valence-electron chi connectivity index (χ2n) is 8.02. The van der Waals surface area contributed by atoms with E-state index in [-0.39, 0.29) is 5.91 Å². The van der Waals surface area contributed by atoms with Crippen LogP contribution >= 0.6 is 11.3 Å². The molecule has 0 bridgehead atoms. The van der Waals surface area contributed by atoms with Gasteiger partial charge in [0.05, 0.1) is 16.8 Å². The third-order valence-electron chi connectivity index (χ3n) is 5.62. The van der Waals surface area contributed by atoms with Crippen molar-refractivity contribution in [3.63, 3.8) is 0 Å². The molecule has 0 saturated carbocycles. The van der Waals surface area contributed by atoms with Gasteiger partial charge in [-0.3, -0.25) is 4.79 Å². The van der Waals surface area contributed by atoms with E-state index < -0.39 is 12.1 Å². The number of hydrogen-bond donors (Lipinski definition) is 3. The minimum Gasteiger partial charge on any atom is -0.391 e. The highest BCUT2D eigenvalue weighted by atomic mass is 32.1. The van der Waals surface area contributed by atoms with Crippen LogP contribution in [0.2, 0.25) is 0 Å². The SMILES string of the molecule is CCCCCCC(C)c1nc(-c2ccc(CNC(=O)C3NCC[C@@H]3O)cc2)cs1. The molecule has 0 spiro atoms. The summed E-state index contributed by atoms with van der Waals surface area (Å²) >= 11 is 1.75. The lowest BCUT2D eigenvalue weighted by atomic mass is 10.0. The zero-order valence-corrected chi connectivity index (χ0v) is 18.3. The van der Waals surface area contributed by atoms with Crippen molar-refractivity contribution in [2.45, 2.75) is 77.0 Å². The number of hydrogen-bond acceptors (Lipinski definition) is 5. The number of unbranched alkanes of at least 4 members (excludes halogenated alkanes) is 3. The molecule has 1 aliphatic rings. The lowest BCUT2D eigenvalue weighted by molar-refractivity contribution is -0.124. The van der Waals surface area contributed by atoms with E-state index in [0.717, 1.165) is 16.8 Å². The first kappa shape index (κ1) is 21.9. The Morgan fingerprint density at radius 1 is 1.31 bits per heavy atom. The minimum absolute atomic E-state index is 0.142. The number of aromatic nitrogens is 1. The number of amides is 1. The van der Waals surface area contributed by atoms with Gasteiger partial charge in [-0.2, -0.15) is 0 Å². The fourth-order valence-electron chi connectivity index (χ4n) is 3.70. The zero-order valence-electron chi connectivity index (χ0n) is 17.5. The van der Waals surface area contributed by atoms with E-state index in [4.69, 9.17) is 4.98 Å². The summed E-state index contributed by atoms with van der Waals surface area (Å²) in [5.74, 6) is 0.371. The molecule has 1 aliphatic heterocycles. The molecule has 1 saturated heterocycles. The maximum Gasteiger partial charge on any atom is 0.240 e. The van der Waals surface area contributed by atoms with Crippen molar-refractivity contribution in [3.05, 3.63) is 40.2 Å². The smallest absolute Gasteiger partial charge is 0.240 e. The van der Waals surface area contributed by atoms with Crippen LogP contribution in [0, 0.1) is 0 Å². The number of nitrogens with zero attached hydrogens (tertiary/aromatic N) is 1. The van der Waals surface area contributed by atoms with Crippen LogP contribution in [-0.4, -0.2) is 34.7 Å². The number of rotatable bonds is 10. The summed E-state index contributed by atoms with van der Waals surface area (Å²) < 4.78 is 0. The van der Waals surface area contributed by atoms with Crippen molar-refractivity contribution in [1.29, 1.82) is 0 Å². The summed E-state index contributed by atoms with van der Waals surface area (Å²) in [7, 11) is 0. The van der Waals surface area contributed by atoms with Crippen molar-refractivity contribution < 1.29 is 9.90 Å². The van der Waals surface area contributed by atoms with E-state index in [0.29, 0.717) is 25.4 Å². The second kappa shape index (κ2) is 10.9. The molecule has 3 atom stereocenters. The van der Waals surface area contributed by atoms with E-state index >= 15 is 0 Å². The van der Waals surface area contributed by atoms with Gasteiger partial charge in [0.2, 0.25) is 5.91 Å². The van der Waals surface area contributed by atoms with E-state index in [9.17, 15) is 9.90 Å². The number of carbonyl (C=O) groups is 1. The average Bonchev–Trinajstić information content (AvgIpc) is 3.39. The number of thiazole rings is 1. The van der Waals surface area contributed by atoms with Gasteiger partial charge >= 0.3 is 0 Å². The minimum atomic E-state index is -0.592. The van der Waals surface area contributed by atoms with Gasteiger partial charge in [0.15, 0.2) is 0 Å². The summed E-state index contributed by atoms with van der Waals surface area (Å²) in [6.07, 6.45) is 6.42. The van der Waals surface area contributed by atoms with Crippen molar-refractivity contribution in [1.82, 2.24) is 15.6 Å². The molecule has 2 aromatic rings. The Labute approximate surface area is 178 Å². The van der Waals surface area contributed by atoms with Crippen molar-refractivity contribution in [3.8, 4) is 11.3 Å². The van der Waals surface area contributed by atoms with Crippen LogP contribution in [0.1, 0.15) is 68.9 Å². The number of aliphatic hydroxyl groups is 1. The maximum absolute atomic E-state index is 12.2. The quantitative estimate of drug-likeness (QED) is 0.508. The normalized spacial score (nSPS) is 20.0. The van der Waals surface area contributed by atoms with Gasteiger partial charge in [0, 0.05) is 23.4 Å². The predicted octanol–water partition coefficient (Wildman–Crippen LogP) is 4.22. The molecule has 158 valence electrons. The Bertz CT molecular complexity index is 775. The molecule has 2 unspecified atom stereocenters. The Hall–Kier alpha value is -1.76. The van der Waals surface area contributed by atoms with Gasteiger partial charge in [-0.15, -0.1) is 11.3 Å². The molecule has 0 radical (unpaired) electrons. The third kappa shape index (κ3) is 6.11. The Balaban J connectivity index is 1.51. The lowest BCUT2D eigenvalue weighted by Gasteiger charge is -2.14. The van der Waals surface area contributed by atoms with Crippen LogP contribution in [0.3, 0.4) is 0 Å². The Morgan fingerprint density at radius 3 is 2.79 bits per heavy atom. The van der Waals surface area contributed by atoms with Gasteiger partial charge in [0.25, 0.3) is 0 Å². The average molecular weight is 416 g/mol. The van der Waals surface area contributed by atoms with E-state index in [1.165, 1.54) is 37.1 Å². The molecule has 1 fully saturated rings. The standard InChI is InChI=1S/C23H33N3O2S/c1-3-4-5-6-7-16(2)23-26-19(15-29-23)18-10-8-17(9-11-18)14-25-22(28)21-20(27)12-13-24-21/h8-11,15-16,20-21,24,27H,3-7,12-14H2,1-2H3,(H,25,28)/t16?,20-,21?/m0/s1. The van der Waals surface area contributed by atoms with Gasteiger partial charge in [-0.25, -0.2) is 4.98 Å². The topological polar surface area (TPSA) is 74.2 Å². The molecule has 1 amide bonds. The Morgan fingerprint density at radius 2 is 2.10 bits per heavy atom. The first-order valence-electron chi connectivity index (χ1n) is 10.8. The van der Waals surface area contributed by atoms with Crippen LogP contribution in [0.15, 0.2) is 29.6 Å². The number of aliphatic hydroxyl groups excluding tert-OH is 1. The van der Waals surface area contributed by atoms with Crippen LogP contribution in [0.5, 0.6) is 0 Å². The molecule has 2 heterocycles. The van der Waals surface area contributed by atoms with Crippen molar-refractivity contribution in [2.75, 3.05) is 6.54 Å². The van der Waals surface area contributed by atoms with Crippen LogP contribution in [-0.2, 0) is 11.3 Å². The molecular weight excluding hydrogens is 382 g/mol. The van der Waals surface area contributed by atoms with Crippen LogP contribution in [0.25, 0.3) is 11.3 Å². The third-order valence-corrected chi connectivity index (χ3v) is 6.70. The molecule has 1 aromatic carbocycles. The van der Waals surface area contributed by atoms with Gasteiger partial charge in [-0.1, -0.05) is 63.8 Å². The summed E-state index contributed by atoms with van der Waals surface area (Å²) in [6.45, 7) is 5.66. The molecule has 5 nitrogen and oxygen atoms in total. The molecule has 3 rings (SSSR count). The molecule has 6 heteroatoms. The summed E-state index contributed by atoms with van der Waals surface area (Å²) in [6, 6.07) is 7.69.